The SMILES string of the molecule is COc1ccc(Cn2c(=O)[nH]cc(Br)c2=O)c(F)c1. The number of benzene rings is 1. The average Bonchev–Trinajstić information content (AvgIpc) is 2.40. The summed E-state index contributed by atoms with van der Waals surface area (Å²) in [5, 5.41) is 0. The van der Waals surface area contributed by atoms with Crippen LogP contribution in [-0.4, -0.2) is 16.7 Å². The molecule has 19 heavy (non-hydrogen) atoms. The molecule has 0 spiro atoms. The molecule has 1 aromatic carbocycles. The molecule has 1 heterocycles. The Morgan fingerprint density at radius 1 is 1.42 bits per heavy atom. The Morgan fingerprint density at radius 2 is 2.16 bits per heavy atom. The largest absolute Gasteiger partial charge is 0.497 e. The topological polar surface area (TPSA) is 64.1 Å². The molecular weight excluding hydrogens is 319 g/mol. The number of ether oxygens (including phenoxy) is 1. The molecule has 0 aliphatic carbocycles. The summed E-state index contributed by atoms with van der Waals surface area (Å²) >= 11 is 3.02. The molecule has 1 N–H and O–H groups in total. The third-order valence-corrected chi connectivity index (χ3v) is 3.17. The fourth-order valence-electron chi connectivity index (χ4n) is 1.58. The van der Waals surface area contributed by atoms with Crippen LogP contribution in [0, 0.1) is 5.82 Å². The average molecular weight is 329 g/mol. The highest BCUT2D eigenvalue weighted by Crippen LogP contribution is 2.16. The minimum absolute atomic E-state index is 0.149. The molecular formula is C12H10BrFN2O3. The molecule has 0 radical (unpaired) electrons. The van der Waals surface area contributed by atoms with Gasteiger partial charge in [-0.05, 0) is 22.0 Å². The summed E-state index contributed by atoms with van der Waals surface area (Å²) in [5.74, 6) is -0.164. The summed E-state index contributed by atoms with van der Waals surface area (Å²) in [6.07, 6.45) is 1.26. The molecule has 0 bridgehead atoms. The number of hydrogen-bond donors (Lipinski definition) is 1. The van der Waals surface area contributed by atoms with E-state index in [2.05, 4.69) is 20.9 Å². The quantitative estimate of drug-likeness (QED) is 0.928. The van der Waals surface area contributed by atoms with E-state index in [-0.39, 0.29) is 16.6 Å². The van der Waals surface area contributed by atoms with Crippen LogP contribution in [0.25, 0.3) is 0 Å². The van der Waals surface area contributed by atoms with E-state index in [9.17, 15) is 14.0 Å². The van der Waals surface area contributed by atoms with Crippen molar-refractivity contribution < 1.29 is 9.13 Å². The Bertz CT molecular complexity index is 724. The van der Waals surface area contributed by atoms with Crippen LogP contribution in [0.5, 0.6) is 5.75 Å². The second-order valence-electron chi connectivity index (χ2n) is 3.79. The first-order valence-corrected chi connectivity index (χ1v) is 6.12. The van der Waals surface area contributed by atoms with Crippen LogP contribution in [0.3, 0.4) is 0 Å². The molecule has 0 fully saturated rings. The molecule has 0 unspecified atom stereocenters. The maximum atomic E-state index is 13.8. The van der Waals surface area contributed by atoms with Crippen LogP contribution in [0.2, 0.25) is 0 Å². The van der Waals surface area contributed by atoms with E-state index in [1.165, 1.54) is 25.4 Å². The number of rotatable bonds is 3. The minimum atomic E-state index is -0.594. The number of hydrogen-bond acceptors (Lipinski definition) is 3. The van der Waals surface area contributed by atoms with Gasteiger partial charge in [0, 0.05) is 17.8 Å². The lowest BCUT2D eigenvalue weighted by Crippen LogP contribution is -2.35. The summed E-state index contributed by atoms with van der Waals surface area (Å²) in [7, 11) is 1.43. The molecule has 2 rings (SSSR count). The first-order valence-electron chi connectivity index (χ1n) is 5.33. The number of aromatic amines is 1. The van der Waals surface area contributed by atoms with Gasteiger partial charge in [0.25, 0.3) is 5.56 Å². The fraction of sp³-hybridized carbons (Fsp3) is 0.167. The van der Waals surface area contributed by atoms with Gasteiger partial charge in [0.05, 0.1) is 18.1 Å². The smallest absolute Gasteiger partial charge is 0.328 e. The lowest BCUT2D eigenvalue weighted by atomic mass is 10.2. The van der Waals surface area contributed by atoms with E-state index in [1.54, 1.807) is 6.07 Å². The summed E-state index contributed by atoms with van der Waals surface area (Å²) in [5.41, 5.74) is -0.881. The lowest BCUT2D eigenvalue weighted by Gasteiger charge is -2.07. The molecule has 0 aliphatic rings. The maximum Gasteiger partial charge on any atom is 0.328 e. The summed E-state index contributed by atoms with van der Waals surface area (Å²) in [6.45, 7) is -0.149. The first-order chi connectivity index (χ1) is 9.02. The van der Waals surface area contributed by atoms with Crippen LogP contribution < -0.4 is 16.0 Å². The van der Waals surface area contributed by atoms with E-state index >= 15 is 0 Å². The monoisotopic (exact) mass is 328 g/mol. The second kappa shape index (κ2) is 5.40. The van der Waals surface area contributed by atoms with E-state index in [0.29, 0.717) is 5.75 Å². The molecule has 0 amide bonds. The van der Waals surface area contributed by atoms with Crippen molar-refractivity contribution in [3.8, 4) is 5.75 Å². The number of H-pyrrole nitrogens is 1. The van der Waals surface area contributed by atoms with Gasteiger partial charge in [-0.2, -0.15) is 0 Å². The van der Waals surface area contributed by atoms with E-state index < -0.39 is 17.1 Å². The van der Waals surface area contributed by atoms with Crippen LogP contribution >= 0.6 is 15.9 Å². The Hall–Kier alpha value is -1.89. The van der Waals surface area contributed by atoms with Crippen molar-refractivity contribution in [1.29, 1.82) is 0 Å². The van der Waals surface area contributed by atoms with Crippen LogP contribution in [0.1, 0.15) is 5.56 Å². The molecule has 0 saturated carbocycles. The van der Waals surface area contributed by atoms with E-state index in [1.807, 2.05) is 0 Å². The summed E-state index contributed by atoms with van der Waals surface area (Å²) in [6, 6.07) is 4.24. The zero-order chi connectivity index (χ0) is 14.0. The van der Waals surface area contributed by atoms with Gasteiger partial charge in [0.2, 0.25) is 0 Å². The molecule has 100 valence electrons. The molecule has 0 saturated heterocycles. The summed E-state index contributed by atoms with van der Waals surface area (Å²) < 4.78 is 19.8. The van der Waals surface area contributed by atoms with Crippen molar-refractivity contribution in [2.45, 2.75) is 6.54 Å². The Morgan fingerprint density at radius 3 is 2.79 bits per heavy atom. The predicted octanol–water partition coefficient (Wildman–Crippen LogP) is 1.50. The Labute approximate surface area is 115 Å². The molecule has 1 aromatic heterocycles. The molecule has 2 aromatic rings. The lowest BCUT2D eigenvalue weighted by molar-refractivity contribution is 0.410. The zero-order valence-electron chi connectivity index (χ0n) is 9.94. The van der Waals surface area contributed by atoms with Crippen molar-refractivity contribution in [2.75, 3.05) is 7.11 Å². The molecule has 5 nitrogen and oxygen atoms in total. The van der Waals surface area contributed by atoms with Crippen LogP contribution in [0.4, 0.5) is 4.39 Å². The van der Waals surface area contributed by atoms with Gasteiger partial charge < -0.3 is 9.72 Å². The van der Waals surface area contributed by atoms with Gasteiger partial charge in [0.1, 0.15) is 11.6 Å². The maximum absolute atomic E-state index is 13.8. The number of nitrogens with one attached hydrogen (secondary N) is 1. The number of methoxy groups -OCH3 is 1. The Balaban J connectivity index is 2.45. The third-order valence-electron chi connectivity index (χ3n) is 2.61. The minimum Gasteiger partial charge on any atom is -0.497 e. The zero-order valence-corrected chi connectivity index (χ0v) is 11.5. The van der Waals surface area contributed by atoms with Gasteiger partial charge >= 0.3 is 5.69 Å². The molecule has 0 aliphatic heterocycles. The molecule has 7 heteroatoms. The van der Waals surface area contributed by atoms with E-state index in [0.717, 1.165) is 4.57 Å². The van der Waals surface area contributed by atoms with Crippen molar-refractivity contribution in [3.63, 3.8) is 0 Å². The molecule has 0 atom stereocenters. The normalized spacial score (nSPS) is 10.5. The highest BCUT2D eigenvalue weighted by atomic mass is 79.9. The van der Waals surface area contributed by atoms with Crippen molar-refractivity contribution in [2.24, 2.45) is 0 Å². The predicted molar refractivity (Wildman–Crippen MR) is 71.1 cm³/mol. The summed E-state index contributed by atoms with van der Waals surface area (Å²) in [4.78, 5) is 25.7. The van der Waals surface area contributed by atoms with E-state index in [4.69, 9.17) is 4.74 Å². The van der Waals surface area contributed by atoms with Gasteiger partial charge in [0.15, 0.2) is 0 Å². The standard InChI is InChI=1S/C12H10BrFN2O3/c1-19-8-3-2-7(10(14)4-8)6-16-11(17)9(13)5-15-12(16)18/h2-5H,6H2,1H3,(H,15,18). The van der Waals surface area contributed by atoms with Crippen molar-refractivity contribution in [3.05, 3.63) is 61.1 Å². The number of nitrogens with zero attached hydrogens (tertiary/aromatic N) is 1. The van der Waals surface area contributed by atoms with Crippen LogP contribution in [0.15, 0.2) is 38.5 Å². The first kappa shape index (κ1) is 13.5. The van der Waals surface area contributed by atoms with Gasteiger partial charge in [-0.15, -0.1) is 0 Å². The number of halogens is 2. The Kier molecular flexibility index (Phi) is 3.84. The van der Waals surface area contributed by atoms with Gasteiger partial charge in [-0.3, -0.25) is 9.36 Å². The van der Waals surface area contributed by atoms with Crippen LogP contribution in [-0.2, 0) is 6.54 Å². The van der Waals surface area contributed by atoms with Crippen molar-refractivity contribution in [1.82, 2.24) is 9.55 Å². The van der Waals surface area contributed by atoms with Gasteiger partial charge in [-0.25, -0.2) is 9.18 Å². The highest BCUT2D eigenvalue weighted by Gasteiger charge is 2.09. The second-order valence-corrected chi connectivity index (χ2v) is 4.64. The van der Waals surface area contributed by atoms with Gasteiger partial charge in [-0.1, -0.05) is 6.07 Å². The third kappa shape index (κ3) is 2.76. The van der Waals surface area contributed by atoms with Crippen molar-refractivity contribution >= 4 is 15.9 Å². The number of aromatic nitrogens is 2. The highest BCUT2D eigenvalue weighted by molar-refractivity contribution is 9.10. The fourth-order valence-corrected chi connectivity index (χ4v) is 1.91.